The van der Waals surface area contributed by atoms with E-state index in [9.17, 15) is 9.59 Å². The van der Waals surface area contributed by atoms with Gasteiger partial charge in [-0.1, -0.05) is 24.3 Å². The smallest absolute Gasteiger partial charge is 0.344 e. The highest BCUT2D eigenvalue weighted by molar-refractivity contribution is 9.10. The molecule has 0 aliphatic carbocycles. The Hall–Kier alpha value is -3.38. The van der Waals surface area contributed by atoms with Gasteiger partial charge >= 0.3 is 5.97 Å². The molecule has 0 radical (unpaired) electrons. The fourth-order valence-electron chi connectivity index (χ4n) is 3.03. The average molecular weight is 465 g/mol. The Kier molecular flexibility index (Phi) is 5.68. The fraction of sp³-hybridized carbons (Fsp3) is 0.0833. The molecule has 30 heavy (non-hydrogen) atoms. The van der Waals surface area contributed by atoms with Gasteiger partial charge in [-0.25, -0.2) is 4.79 Å². The lowest BCUT2D eigenvalue weighted by molar-refractivity contribution is 0.0733. The summed E-state index contributed by atoms with van der Waals surface area (Å²) >= 11 is 3.35. The summed E-state index contributed by atoms with van der Waals surface area (Å²) in [4.78, 5) is 25.0. The second-order valence-corrected chi connectivity index (χ2v) is 7.33. The van der Waals surface area contributed by atoms with Crippen LogP contribution in [0, 0.1) is 0 Å². The summed E-state index contributed by atoms with van der Waals surface area (Å²) in [5.41, 5.74) is 1.59. The molecule has 0 atom stereocenters. The molecule has 6 heteroatoms. The molecule has 0 N–H and O–H groups in total. The molecule has 0 aromatic heterocycles. The monoisotopic (exact) mass is 464 g/mol. The zero-order valence-corrected chi connectivity index (χ0v) is 17.6. The number of esters is 1. The van der Waals surface area contributed by atoms with Crippen LogP contribution in [0.25, 0.3) is 6.08 Å². The van der Waals surface area contributed by atoms with E-state index in [0.29, 0.717) is 45.0 Å². The molecule has 0 amide bonds. The van der Waals surface area contributed by atoms with E-state index in [1.54, 1.807) is 66.7 Å². The third-order valence-corrected chi connectivity index (χ3v) is 5.10. The van der Waals surface area contributed by atoms with Crippen LogP contribution in [0.2, 0.25) is 0 Å². The minimum Gasteiger partial charge on any atom is -0.494 e. The van der Waals surface area contributed by atoms with E-state index in [2.05, 4.69) is 15.9 Å². The summed E-state index contributed by atoms with van der Waals surface area (Å²) in [5, 5.41) is 0. The second kappa shape index (κ2) is 8.55. The maximum absolute atomic E-state index is 12.6. The van der Waals surface area contributed by atoms with E-state index >= 15 is 0 Å². The number of hydrogen-bond acceptors (Lipinski definition) is 5. The van der Waals surface area contributed by atoms with Gasteiger partial charge in [-0.3, -0.25) is 4.79 Å². The number of ether oxygens (including phenoxy) is 3. The van der Waals surface area contributed by atoms with Crippen LogP contribution in [-0.2, 0) is 0 Å². The number of benzene rings is 3. The number of fused-ring (bicyclic) bond motifs is 1. The molecule has 0 bridgehead atoms. The Balaban J connectivity index is 1.54. The standard InChI is InChI=1S/C24H17BrO5/c1-2-28-16-10-11-19-21(14-16)30-22(23(19)26)13-15-6-5-7-17(12-15)29-24(27)18-8-3-4-9-20(18)25/h3-14H,2H2,1H3/b22-13-. The maximum Gasteiger partial charge on any atom is 0.344 e. The van der Waals surface area contributed by atoms with Crippen molar-refractivity contribution in [3.63, 3.8) is 0 Å². The van der Waals surface area contributed by atoms with E-state index in [4.69, 9.17) is 14.2 Å². The number of allylic oxidation sites excluding steroid dienone is 1. The first-order valence-electron chi connectivity index (χ1n) is 9.33. The predicted molar refractivity (Wildman–Crippen MR) is 116 cm³/mol. The number of ketones is 1. The molecule has 1 aliphatic heterocycles. The van der Waals surface area contributed by atoms with Gasteiger partial charge in [0.15, 0.2) is 5.76 Å². The van der Waals surface area contributed by atoms with Crippen molar-refractivity contribution in [1.82, 2.24) is 0 Å². The van der Waals surface area contributed by atoms with Crippen molar-refractivity contribution in [2.45, 2.75) is 6.92 Å². The molecule has 3 aromatic rings. The van der Waals surface area contributed by atoms with E-state index in [1.807, 2.05) is 13.0 Å². The summed E-state index contributed by atoms with van der Waals surface area (Å²) < 4.78 is 17.3. The van der Waals surface area contributed by atoms with E-state index in [-0.39, 0.29) is 11.5 Å². The van der Waals surface area contributed by atoms with Gasteiger partial charge < -0.3 is 14.2 Å². The highest BCUT2D eigenvalue weighted by atomic mass is 79.9. The van der Waals surface area contributed by atoms with Crippen molar-refractivity contribution in [1.29, 1.82) is 0 Å². The van der Waals surface area contributed by atoms with Crippen LogP contribution >= 0.6 is 15.9 Å². The van der Waals surface area contributed by atoms with Gasteiger partial charge in [-0.2, -0.15) is 0 Å². The highest BCUT2D eigenvalue weighted by Gasteiger charge is 2.27. The van der Waals surface area contributed by atoms with Crippen molar-refractivity contribution in [3.05, 3.63) is 93.7 Å². The summed E-state index contributed by atoms with van der Waals surface area (Å²) in [6.07, 6.45) is 1.62. The largest absolute Gasteiger partial charge is 0.494 e. The Labute approximate surface area is 182 Å². The zero-order valence-electron chi connectivity index (χ0n) is 16.1. The van der Waals surface area contributed by atoms with Crippen molar-refractivity contribution in [2.75, 3.05) is 6.61 Å². The minimum absolute atomic E-state index is 0.202. The summed E-state index contributed by atoms with van der Waals surface area (Å²) in [6.45, 7) is 2.42. The van der Waals surface area contributed by atoms with Crippen molar-refractivity contribution in [2.24, 2.45) is 0 Å². The van der Waals surface area contributed by atoms with Gasteiger partial charge in [-0.15, -0.1) is 0 Å². The third-order valence-electron chi connectivity index (χ3n) is 4.41. The molecule has 4 rings (SSSR count). The molecular formula is C24H17BrO5. The molecule has 0 spiro atoms. The second-order valence-electron chi connectivity index (χ2n) is 6.47. The SMILES string of the molecule is CCOc1ccc2c(c1)O/C(=C\c1cccc(OC(=O)c3ccccc3Br)c1)C2=O. The van der Waals surface area contributed by atoms with Gasteiger partial charge in [0.1, 0.15) is 17.2 Å². The van der Waals surface area contributed by atoms with Crippen molar-refractivity contribution in [3.8, 4) is 17.2 Å². The van der Waals surface area contributed by atoms with Crippen LogP contribution in [0.15, 0.2) is 77.0 Å². The molecule has 0 saturated carbocycles. The Morgan fingerprint density at radius 3 is 2.67 bits per heavy atom. The number of halogens is 1. The average Bonchev–Trinajstić information content (AvgIpc) is 3.03. The first-order chi connectivity index (χ1) is 14.5. The van der Waals surface area contributed by atoms with Crippen molar-refractivity contribution >= 4 is 33.8 Å². The predicted octanol–water partition coefficient (Wildman–Crippen LogP) is 5.68. The fourth-order valence-corrected chi connectivity index (χ4v) is 3.48. The quantitative estimate of drug-likeness (QED) is 0.276. The lowest BCUT2D eigenvalue weighted by Gasteiger charge is -2.07. The maximum atomic E-state index is 12.6. The Morgan fingerprint density at radius 2 is 1.87 bits per heavy atom. The highest BCUT2D eigenvalue weighted by Crippen LogP contribution is 2.35. The molecule has 150 valence electrons. The minimum atomic E-state index is -0.476. The van der Waals surface area contributed by atoms with Gasteiger partial charge in [0.05, 0.1) is 17.7 Å². The zero-order chi connectivity index (χ0) is 21.1. The van der Waals surface area contributed by atoms with Crippen LogP contribution in [0.4, 0.5) is 0 Å². The van der Waals surface area contributed by atoms with Crippen LogP contribution < -0.4 is 14.2 Å². The number of carbonyl (C=O) groups is 2. The first-order valence-corrected chi connectivity index (χ1v) is 10.1. The molecule has 1 heterocycles. The molecule has 0 saturated heterocycles. The summed E-state index contributed by atoms with van der Waals surface area (Å²) in [5.74, 6) is 1.000. The number of carbonyl (C=O) groups excluding carboxylic acids is 2. The molecular weight excluding hydrogens is 448 g/mol. The van der Waals surface area contributed by atoms with Gasteiger partial charge in [-0.05, 0) is 70.9 Å². The molecule has 1 aliphatic rings. The molecule has 0 unspecified atom stereocenters. The van der Waals surface area contributed by atoms with Crippen LogP contribution in [0.1, 0.15) is 33.2 Å². The topological polar surface area (TPSA) is 61.8 Å². The Morgan fingerprint density at radius 1 is 1.03 bits per heavy atom. The summed E-state index contributed by atoms with van der Waals surface area (Å²) in [6, 6.07) is 19.1. The molecule has 0 fully saturated rings. The molecule has 3 aromatic carbocycles. The van der Waals surface area contributed by atoms with Gasteiger partial charge in [0, 0.05) is 10.5 Å². The lowest BCUT2D eigenvalue weighted by atomic mass is 10.1. The van der Waals surface area contributed by atoms with Crippen LogP contribution in [0.3, 0.4) is 0 Å². The molecule has 5 nitrogen and oxygen atoms in total. The van der Waals surface area contributed by atoms with Crippen LogP contribution in [-0.4, -0.2) is 18.4 Å². The Bertz CT molecular complexity index is 1170. The number of hydrogen-bond donors (Lipinski definition) is 0. The normalized spacial score (nSPS) is 13.7. The van der Waals surface area contributed by atoms with Gasteiger partial charge in [0.25, 0.3) is 0 Å². The van der Waals surface area contributed by atoms with E-state index in [1.165, 1.54) is 0 Å². The van der Waals surface area contributed by atoms with Crippen molar-refractivity contribution < 1.29 is 23.8 Å². The van der Waals surface area contributed by atoms with E-state index in [0.717, 1.165) is 0 Å². The first kappa shape index (κ1) is 19.9. The van der Waals surface area contributed by atoms with Crippen LogP contribution in [0.5, 0.6) is 17.2 Å². The third kappa shape index (κ3) is 4.14. The van der Waals surface area contributed by atoms with Gasteiger partial charge in [0.2, 0.25) is 5.78 Å². The summed E-state index contributed by atoms with van der Waals surface area (Å²) in [7, 11) is 0. The van der Waals surface area contributed by atoms with E-state index < -0.39 is 5.97 Å². The number of rotatable bonds is 5. The number of Topliss-reactive ketones (excluding diaryl/α,β-unsaturated/α-hetero) is 1. The lowest BCUT2D eigenvalue weighted by Crippen LogP contribution is -2.09.